The Morgan fingerprint density at radius 1 is 1.36 bits per heavy atom. The number of isothiocyanates is 1. The van der Waals surface area contributed by atoms with E-state index < -0.39 is 6.04 Å². The maximum absolute atomic E-state index is 12.1. The third kappa shape index (κ3) is 7.64. The molecule has 2 amide bonds. The molecule has 0 heterocycles. The zero-order valence-corrected chi connectivity index (χ0v) is 13.2. The number of benzene rings is 1. The number of thiocarbonyl (C=S) groups is 1. The Kier molecular flexibility index (Phi) is 8.67. The van der Waals surface area contributed by atoms with Gasteiger partial charge in [-0.1, -0.05) is 30.3 Å². The summed E-state index contributed by atoms with van der Waals surface area (Å²) in [6.45, 7) is 2.51. The highest BCUT2D eigenvalue weighted by Crippen LogP contribution is 1.98. The molecule has 0 saturated heterocycles. The van der Waals surface area contributed by atoms with Gasteiger partial charge < -0.3 is 15.4 Å². The number of rotatable bonds is 9. The summed E-state index contributed by atoms with van der Waals surface area (Å²) < 4.78 is 5.32. The normalized spacial score (nSPS) is 11.1. The van der Waals surface area contributed by atoms with Crippen LogP contribution in [0.4, 0.5) is 0 Å². The second-order valence-electron chi connectivity index (χ2n) is 4.50. The Morgan fingerprint density at radius 2 is 2.09 bits per heavy atom. The minimum atomic E-state index is -0.738. The molecular weight excluding hydrogens is 302 g/mol. The first kappa shape index (κ1) is 18.0. The molecule has 1 aromatic rings. The van der Waals surface area contributed by atoms with E-state index in [9.17, 15) is 9.59 Å². The van der Waals surface area contributed by atoms with E-state index in [0.717, 1.165) is 5.56 Å². The summed E-state index contributed by atoms with van der Waals surface area (Å²) in [5, 5.41) is 7.56. The number of nitrogens with one attached hydrogen (secondary N) is 2. The predicted octanol–water partition coefficient (Wildman–Crippen LogP) is 0.927. The van der Waals surface area contributed by atoms with Gasteiger partial charge in [0.1, 0.15) is 6.04 Å². The van der Waals surface area contributed by atoms with Gasteiger partial charge in [-0.3, -0.25) is 9.59 Å². The number of ether oxygens (including phenoxy) is 1. The number of nitrogens with zero attached hydrogens (tertiary/aromatic N) is 1. The number of hydrogen-bond acceptors (Lipinski definition) is 5. The minimum absolute atomic E-state index is 0.0765. The van der Waals surface area contributed by atoms with Crippen LogP contribution in [0.15, 0.2) is 35.3 Å². The molecule has 1 aromatic carbocycles. The highest BCUT2D eigenvalue weighted by Gasteiger charge is 2.19. The van der Waals surface area contributed by atoms with E-state index in [0.29, 0.717) is 19.7 Å². The van der Waals surface area contributed by atoms with Crippen LogP contribution in [0.5, 0.6) is 0 Å². The zero-order valence-electron chi connectivity index (χ0n) is 12.4. The molecule has 0 aromatic heterocycles. The molecule has 0 bridgehead atoms. The van der Waals surface area contributed by atoms with Crippen LogP contribution < -0.4 is 10.6 Å². The fraction of sp³-hybridized carbons (Fsp3) is 0.400. The van der Waals surface area contributed by atoms with Crippen molar-refractivity contribution in [1.29, 1.82) is 0 Å². The second-order valence-corrected chi connectivity index (χ2v) is 4.69. The molecule has 0 fully saturated rings. The van der Waals surface area contributed by atoms with Crippen LogP contribution in [-0.4, -0.2) is 42.8 Å². The molecule has 6 nitrogen and oxygen atoms in total. The van der Waals surface area contributed by atoms with Gasteiger partial charge >= 0.3 is 0 Å². The van der Waals surface area contributed by atoms with Crippen molar-refractivity contribution in [3.63, 3.8) is 0 Å². The molecule has 0 radical (unpaired) electrons. The van der Waals surface area contributed by atoms with Crippen molar-refractivity contribution in [1.82, 2.24) is 10.6 Å². The average molecular weight is 321 g/mol. The van der Waals surface area contributed by atoms with Crippen molar-refractivity contribution in [2.75, 3.05) is 19.8 Å². The van der Waals surface area contributed by atoms with Gasteiger partial charge in [0.15, 0.2) is 0 Å². The number of aliphatic imine (C=N–C) groups is 1. The standard InChI is InChI=1S/C15H19N3O3S/c1-12(19)18-14(10-21-8-7-16-11-22)15(20)17-9-13-5-3-2-4-6-13/h2-6,14H,7-10H2,1H3,(H,17,20)(H,18,19)/t14-/m0/s1. The van der Waals surface area contributed by atoms with Gasteiger partial charge in [0.25, 0.3) is 0 Å². The molecule has 0 aliphatic carbocycles. The topological polar surface area (TPSA) is 79.8 Å². The fourth-order valence-electron chi connectivity index (χ4n) is 1.69. The molecule has 1 rings (SSSR count). The fourth-order valence-corrected chi connectivity index (χ4v) is 1.78. The summed E-state index contributed by atoms with van der Waals surface area (Å²) in [4.78, 5) is 27.0. The van der Waals surface area contributed by atoms with Crippen LogP contribution in [0.2, 0.25) is 0 Å². The molecular formula is C15H19N3O3S. The Hall–Kier alpha value is -2.08. The Labute approximate surface area is 135 Å². The highest BCUT2D eigenvalue weighted by molar-refractivity contribution is 7.78. The van der Waals surface area contributed by atoms with Crippen LogP contribution in [0.3, 0.4) is 0 Å². The van der Waals surface area contributed by atoms with Crippen LogP contribution in [0.1, 0.15) is 12.5 Å². The first-order valence-electron chi connectivity index (χ1n) is 6.83. The summed E-state index contributed by atoms with van der Waals surface area (Å²) >= 11 is 4.44. The Balaban J connectivity index is 2.45. The van der Waals surface area contributed by atoms with E-state index in [2.05, 4.69) is 33.0 Å². The molecule has 0 aliphatic heterocycles. The number of carbonyl (C=O) groups is 2. The SMILES string of the molecule is CC(=O)N[C@@H](COCCN=C=S)C(=O)NCc1ccccc1. The van der Waals surface area contributed by atoms with Crippen LogP contribution in [0, 0.1) is 0 Å². The highest BCUT2D eigenvalue weighted by atomic mass is 32.1. The van der Waals surface area contributed by atoms with Crippen LogP contribution in [0.25, 0.3) is 0 Å². The van der Waals surface area contributed by atoms with Crippen molar-refractivity contribution in [2.45, 2.75) is 19.5 Å². The zero-order chi connectivity index (χ0) is 16.2. The van der Waals surface area contributed by atoms with Gasteiger partial charge in [0.2, 0.25) is 11.8 Å². The second kappa shape index (κ2) is 10.6. The van der Waals surface area contributed by atoms with Gasteiger partial charge in [-0.25, -0.2) is 4.99 Å². The molecule has 0 spiro atoms. The van der Waals surface area contributed by atoms with Gasteiger partial charge in [-0.15, -0.1) is 0 Å². The molecule has 1 atom stereocenters. The summed E-state index contributed by atoms with van der Waals surface area (Å²) in [5.74, 6) is -0.585. The van der Waals surface area contributed by atoms with Crippen LogP contribution >= 0.6 is 12.2 Å². The molecule has 22 heavy (non-hydrogen) atoms. The molecule has 0 saturated carbocycles. The van der Waals surface area contributed by atoms with Gasteiger partial charge in [-0.05, 0) is 17.8 Å². The molecule has 118 valence electrons. The lowest BCUT2D eigenvalue weighted by Gasteiger charge is -2.17. The van der Waals surface area contributed by atoms with Crippen molar-refractivity contribution in [3.05, 3.63) is 35.9 Å². The van der Waals surface area contributed by atoms with E-state index in [-0.39, 0.29) is 18.4 Å². The summed E-state index contributed by atoms with van der Waals surface area (Å²) in [5.41, 5.74) is 0.980. The van der Waals surface area contributed by atoms with Gasteiger partial charge in [0.05, 0.1) is 24.9 Å². The van der Waals surface area contributed by atoms with Gasteiger partial charge in [-0.2, -0.15) is 0 Å². The quantitative estimate of drug-likeness (QED) is 0.403. The van der Waals surface area contributed by atoms with Crippen molar-refractivity contribution >= 4 is 29.2 Å². The molecule has 7 heteroatoms. The first-order valence-corrected chi connectivity index (χ1v) is 7.24. The lowest BCUT2D eigenvalue weighted by atomic mass is 10.2. The lowest BCUT2D eigenvalue weighted by molar-refractivity contribution is -0.129. The number of carbonyl (C=O) groups excluding carboxylic acids is 2. The van der Waals surface area contributed by atoms with E-state index in [4.69, 9.17) is 4.74 Å². The first-order chi connectivity index (χ1) is 10.6. The molecule has 2 N–H and O–H groups in total. The monoisotopic (exact) mass is 321 g/mol. The maximum Gasteiger partial charge on any atom is 0.245 e. The minimum Gasteiger partial charge on any atom is -0.377 e. The Morgan fingerprint density at radius 3 is 2.73 bits per heavy atom. The predicted molar refractivity (Wildman–Crippen MR) is 86.6 cm³/mol. The van der Waals surface area contributed by atoms with Gasteiger partial charge in [0, 0.05) is 13.5 Å². The summed E-state index contributed by atoms with van der Waals surface area (Å²) in [6, 6.07) is 8.78. The molecule has 0 aliphatic rings. The van der Waals surface area contributed by atoms with Crippen molar-refractivity contribution in [3.8, 4) is 0 Å². The third-order valence-electron chi connectivity index (χ3n) is 2.70. The number of hydrogen-bond donors (Lipinski definition) is 2. The third-order valence-corrected chi connectivity index (χ3v) is 2.83. The Bertz CT molecular complexity index is 530. The number of amides is 2. The van der Waals surface area contributed by atoms with E-state index >= 15 is 0 Å². The lowest BCUT2D eigenvalue weighted by Crippen LogP contribution is -2.48. The van der Waals surface area contributed by atoms with E-state index in [1.165, 1.54) is 6.92 Å². The van der Waals surface area contributed by atoms with E-state index in [1.54, 1.807) is 0 Å². The summed E-state index contributed by atoms with van der Waals surface area (Å²) in [7, 11) is 0. The molecule has 0 unspecified atom stereocenters. The largest absolute Gasteiger partial charge is 0.377 e. The smallest absolute Gasteiger partial charge is 0.245 e. The maximum atomic E-state index is 12.1. The van der Waals surface area contributed by atoms with Crippen LogP contribution in [-0.2, 0) is 20.9 Å². The van der Waals surface area contributed by atoms with E-state index in [1.807, 2.05) is 30.3 Å². The summed E-state index contributed by atoms with van der Waals surface area (Å²) in [6.07, 6.45) is 0. The van der Waals surface area contributed by atoms with Crippen molar-refractivity contribution in [2.24, 2.45) is 4.99 Å². The average Bonchev–Trinajstić information content (AvgIpc) is 2.52. The van der Waals surface area contributed by atoms with Crippen molar-refractivity contribution < 1.29 is 14.3 Å².